The molecule has 2 aromatic heterocycles. The molecular formula is C21H23N5O4S2. The number of nitrogens with one attached hydrogen (secondary N) is 1. The summed E-state index contributed by atoms with van der Waals surface area (Å²) in [5.74, 6) is 0.924. The lowest BCUT2D eigenvalue weighted by Gasteiger charge is -2.08. The highest BCUT2D eigenvalue weighted by Gasteiger charge is 2.16. The van der Waals surface area contributed by atoms with E-state index in [-0.39, 0.29) is 24.1 Å². The van der Waals surface area contributed by atoms with Crippen LogP contribution in [0, 0.1) is 0 Å². The maximum atomic E-state index is 12.4. The SMILES string of the molecule is C=CCn1c(SCC(=O)Nc2nc(CC(=O)OCC)cs2)nnc1-c1cccc(OC)c1. The predicted octanol–water partition coefficient (Wildman–Crippen LogP) is 3.43. The highest BCUT2D eigenvalue weighted by atomic mass is 32.2. The molecule has 1 N–H and O–H groups in total. The lowest BCUT2D eigenvalue weighted by Crippen LogP contribution is -2.15. The molecule has 2 heterocycles. The summed E-state index contributed by atoms with van der Waals surface area (Å²) >= 11 is 2.52. The number of nitrogens with zero attached hydrogens (tertiary/aromatic N) is 4. The van der Waals surface area contributed by atoms with Crippen LogP contribution in [-0.4, -0.2) is 51.1 Å². The fourth-order valence-corrected chi connectivity index (χ4v) is 4.23. The third-order valence-corrected chi connectivity index (χ3v) is 5.89. The number of anilines is 1. The summed E-state index contributed by atoms with van der Waals surface area (Å²) in [5.41, 5.74) is 1.41. The average Bonchev–Trinajstić information content (AvgIpc) is 3.39. The van der Waals surface area contributed by atoms with Gasteiger partial charge >= 0.3 is 5.97 Å². The Bertz CT molecular complexity index is 1100. The summed E-state index contributed by atoms with van der Waals surface area (Å²) in [7, 11) is 1.61. The Morgan fingerprint density at radius 1 is 1.34 bits per heavy atom. The Balaban J connectivity index is 1.63. The van der Waals surface area contributed by atoms with Gasteiger partial charge in [-0.1, -0.05) is 30.0 Å². The van der Waals surface area contributed by atoms with Crippen molar-refractivity contribution in [2.24, 2.45) is 0 Å². The first kappa shape index (κ1) is 23.5. The molecule has 0 aliphatic heterocycles. The maximum absolute atomic E-state index is 12.4. The van der Waals surface area contributed by atoms with Gasteiger partial charge in [0.1, 0.15) is 5.75 Å². The van der Waals surface area contributed by atoms with E-state index in [0.717, 1.165) is 11.3 Å². The summed E-state index contributed by atoms with van der Waals surface area (Å²) in [5, 5.41) is 14.0. The third kappa shape index (κ3) is 6.17. The Morgan fingerprint density at radius 3 is 2.94 bits per heavy atom. The van der Waals surface area contributed by atoms with Crippen LogP contribution in [-0.2, 0) is 27.3 Å². The number of benzene rings is 1. The van der Waals surface area contributed by atoms with E-state index in [1.165, 1.54) is 23.1 Å². The van der Waals surface area contributed by atoms with Crippen molar-refractivity contribution in [3.05, 3.63) is 48.0 Å². The van der Waals surface area contributed by atoms with E-state index in [0.29, 0.717) is 35.0 Å². The molecule has 0 saturated heterocycles. The minimum absolute atomic E-state index is 0.0761. The van der Waals surface area contributed by atoms with Crippen molar-refractivity contribution in [1.82, 2.24) is 19.7 Å². The second-order valence-corrected chi connectivity index (χ2v) is 8.20. The fourth-order valence-electron chi connectivity index (χ4n) is 2.76. The molecule has 3 rings (SSSR count). The fraction of sp³-hybridized carbons (Fsp3) is 0.286. The topological polar surface area (TPSA) is 108 Å². The number of carbonyl (C=O) groups excluding carboxylic acids is 2. The van der Waals surface area contributed by atoms with E-state index in [1.54, 1.807) is 25.5 Å². The highest BCUT2D eigenvalue weighted by molar-refractivity contribution is 7.99. The Morgan fingerprint density at radius 2 is 2.19 bits per heavy atom. The normalized spacial score (nSPS) is 10.6. The minimum atomic E-state index is -0.348. The van der Waals surface area contributed by atoms with Crippen LogP contribution in [0.1, 0.15) is 12.6 Å². The number of methoxy groups -OCH3 is 1. The largest absolute Gasteiger partial charge is 0.497 e. The zero-order valence-electron chi connectivity index (χ0n) is 17.7. The number of amides is 1. The average molecular weight is 474 g/mol. The lowest BCUT2D eigenvalue weighted by molar-refractivity contribution is -0.142. The van der Waals surface area contributed by atoms with Crippen LogP contribution in [0.2, 0.25) is 0 Å². The van der Waals surface area contributed by atoms with Gasteiger partial charge in [-0.3, -0.25) is 14.2 Å². The molecule has 0 unspecified atom stereocenters. The van der Waals surface area contributed by atoms with E-state index in [2.05, 4.69) is 27.1 Å². The molecule has 0 atom stereocenters. The van der Waals surface area contributed by atoms with Crippen molar-refractivity contribution in [1.29, 1.82) is 0 Å². The number of hydrogen-bond donors (Lipinski definition) is 1. The summed E-state index contributed by atoms with van der Waals surface area (Å²) in [6.07, 6.45) is 1.82. The van der Waals surface area contributed by atoms with E-state index in [4.69, 9.17) is 9.47 Å². The van der Waals surface area contributed by atoms with Crippen molar-refractivity contribution in [2.75, 3.05) is 24.8 Å². The Labute approximate surface area is 193 Å². The van der Waals surface area contributed by atoms with Gasteiger partial charge in [0, 0.05) is 17.5 Å². The smallest absolute Gasteiger partial charge is 0.311 e. The second-order valence-electron chi connectivity index (χ2n) is 6.40. The molecule has 0 radical (unpaired) electrons. The Hall–Kier alpha value is -3.18. The number of thioether (sulfide) groups is 1. The monoisotopic (exact) mass is 473 g/mol. The number of thiazole rings is 1. The zero-order chi connectivity index (χ0) is 22.9. The molecule has 0 aliphatic carbocycles. The van der Waals surface area contributed by atoms with E-state index < -0.39 is 0 Å². The number of aromatic nitrogens is 4. The van der Waals surface area contributed by atoms with Gasteiger partial charge in [-0.05, 0) is 19.1 Å². The summed E-state index contributed by atoms with van der Waals surface area (Å²) < 4.78 is 12.1. The molecule has 11 heteroatoms. The number of allylic oxidation sites excluding steroid dienone is 1. The van der Waals surface area contributed by atoms with Crippen molar-refractivity contribution in [2.45, 2.75) is 25.0 Å². The third-order valence-electron chi connectivity index (χ3n) is 4.12. The maximum Gasteiger partial charge on any atom is 0.311 e. The van der Waals surface area contributed by atoms with Crippen LogP contribution >= 0.6 is 23.1 Å². The van der Waals surface area contributed by atoms with Crippen LogP contribution in [0.5, 0.6) is 5.75 Å². The molecule has 0 spiro atoms. The number of hydrogen-bond acceptors (Lipinski definition) is 9. The van der Waals surface area contributed by atoms with Gasteiger partial charge in [0.15, 0.2) is 16.1 Å². The second kappa shape index (κ2) is 11.4. The van der Waals surface area contributed by atoms with Crippen LogP contribution in [0.15, 0.2) is 47.5 Å². The van der Waals surface area contributed by atoms with Gasteiger partial charge in [0.2, 0.25) is 5.91 Å². The summed E-state index contributed by atoms with van der Waals surface area (Å²) in [6.45, 7) is 6.36. The Kier molecular flexibility index (Phi) is 8.40. The van der Waals surface area contributed by atoms with Gasteiger partial charge in [-0.25, -0.2) is 4.98 Å². The standard InChI is InChI=1S/C21H23N5O4S2/c1-4-9-26-19(14-7-6-8-16(10-14)29-3)24-25-21(26)32-13-17(27)23-20-22-15(12-31-20)11-18(28)30-5-2/h4,6-8,10,12H,1,5,9,11,13H2,2-3H3,(H,22,23,27). The van der Waals surface area contributed by atoms with Gasteiger partial charge in [-0.15, -0.1) is 28.1 Å². The number of rotatable bonds is 11. The van der Waals surface area contributed by atoms with Gasteiger partial charge in [0.25, 0.3) is 0 Å². The van der Waals surface area contributed by atoms with Gasteiger partial charge in [-0.2, -0.15) is 0 Å². The molecule has 9 nitrogen and oxygen atoms in total. The molecule has 0 saturated carbocycles. The molecule has 0 aliphatic rings. The molecular weight excluding hydrogens is 450 g/mol. The number of ether oxygens (including phenoxy) is 2. The first-order valence-electron chi connectivity index (χ1n) is 9.75. The lowest BCUT2D eigenvalue weighted by atomic mass is 10.2. The number of carbonyl (C=O) groups is 2. The molecule has 1 amide bonds. The zero-order valence-corrected chi connectivity index (χ0v) is 19.4. The first-order chi connectivity index (χ1) is 15.5. The molecule has 0 bridgehead atoms. The first-order valence-corrected chi connectivity index (χ1v) is 11.6. The van der Waals surface area contributed by atoms with Crippen LogP contribution in [0.4, 0.5) is 5.13 Å². The quantitative estimate of drug-likeness (QED) is 0.256. The molecule has 3 aromatic rings. The molecule has 168 valence electrons. The summed E-state index contributed by atoms with van der Waals surface area (Å²) in [6, 6.07) is 7.53. The van der Waals surface area contributed by atoms with Crippen molar-refractivity contribution >= 4 is 40.1 Å². The van der Waals surface area contributed by atoms with Crippen molar-refractivity contribution < 1.29 is 19.1 Å². The van der Waals surface area contributed by atoms with E-state index >= 15 is 0 Å². The molecule has 32 heavy (non-hydrogen) atoms. The minimum Gasteiger partial charge on any atom is -0.497 e. The van der Waals surface area contributed by atoms with Crippen LogP contribution < -0.4 is 10.1 Å². The van der Waals surface area contributed by atoms with Gasteiger partial charge < -0.3 is 14.8 Å². The van der Waals surface area contributed by atoms with Crippen LogP contribution in [0.3, 0.4) is 0 Å². The van der Waals surface area contributed by atoms with Crippen LogP contribution in [0.25, 0.3) is 11.4 Å². The highest BCUT2D eigenvalue weighted by Crippen LogP contribution is 2.27. The van der Waals surface area contributed by atoms with E-state index in [1.807, 2.05) is 28.8 Å². The van der Waals surface area contributed by atoms with Crippen molar-refractivity contribution in [3.63, 3.8) is 0 Å². The predicted molar refractivity (Wildman–Crippen MR) is 124 cm³/mol. The van der Waals surface area contributed by atoms with Crippen molar-refractivity contribution in [3.8, 4) is 17.1 Å². The summed E-state index contributed by atoms with van der Waals surface area (Å²) in [4.78, 5) is 28.2. The molecule has 0 fully saturated rings. The van der Waals surface area contributed by atoms with Gasteiger partial charge in [0.05, 0.1) is 31.6 Å². The molecule has 1 aromatic carbocycles. The van der Waals surface area contributed by atoms with E-state index in [9.17, 15) is 9.59 Å². The number of esters is 1.